The number of nitriles is 1. The quantitative estimate of drug-likeness (QED) is 0.814. The Morgan fingerprint density at radius 2 is 1.77 bits per heavy atom. The molecule has 8 heteroatoms. The maximum atomic E-state index is 13.4. The third kappa shape index (κ3) is 2.85. The van der Waals surface area contributed by atoms with Gasteiger partial charge in [0.05, 0.1) is 29.5 Å². The number of aliphatic hydroxyl groups excluding tert-OH is 1. The highest BCUT2D eigenvalue weighted by Crippen LogP contribution is 2.50. The number of nitrogens with zero attached hydrogens (tertiary/aromatic N) is 3. The Morgan fingerprint density at radius 3 is 2.27 bits per heavy atom. The third-order valence-electron chi connectivity index (χ3n) is 5.79. The highest BCUT2D eigenvalue weighted by Gasteiger charge is 2.58. The van der Waals surface area contributed by atoms with Gasteiger partial charge in [-0.2, -0.15) is 18.4 Å². The zero-order valence-corrected chi connectivity index (χ0v) is 15.9. The van der Waals surface area contributed by atoms with Gasteiger partial charge in [-0.05, 0) is 55.2 Å². The summed E-state index contributed by atoms with van der Waals surface area (Å²) in [6, 6.07) is 11.8. The van der Waals surface area contributed by atoms with Gasteiger partial charge in [0.2, 0.25) is 0 Å². The van der Waals surface area contributed by atoms with Crippen LogP contribution in [0, 0.1) is 11.3 Å². The predicted molar refractivity (Wildman–Crippen MR) is 104 cm³/mol. The fourth-order valence-corrected chi connectivity index (χ4v) is 4.13. The average Bonchev–Trinajstić information content (AvgIpc) is 2.93. The van der Waals surface area contributed by atoms with Gasteiger partial charge in [0.15, 0.2) is 0 Å². The van der Waals surface area contributed by atoms with E-state index in [1.54, 1.807) is 35.2 Å². The Balaban J connectivity index is 1.80. The summed E-state index contributed by atoms with van der Waals surface area (Å²) in [6.45, 7) is 3.89. The van der Waals surface area contributed by atoms with E-state index in [4.69, 9.17) is 5.26 Å². The Kier molecular flexibility index (Phi) is 4.59. The topological polar surface area (TPSA) is 67.6 Å². The molecule has 0 radical (unpaired) electrons. The number of amides is 1. The molecule has 0 aromatic heterocycles. The van der Waals surface area contributed by atoms with Crippen LogP contribution in [-0.2, 0) is 17.6 Å². The zero-order valence-electron chi connectivity index (χ0n) is 15.9. The molecule has 1 aliphatic heterocycles. The summed E-state index contributed by atoms with van der Waals surface area (Å²) in [6.07, 6.45) is -2.78. The Labute approximate surface area is 171 Å². The highest BCUT2D eigenvalue weighted by molar-refractivity contribution is 6.10. The number of alkyl halides is 3. The van der Waals surface area contributed by atoms with Crippen molar-refractivity contribution in [2.75, 3.05) is 9.80 Å². The lowest BCUT2D eigenvalue weighted by molar-refractivity contribution is -0.137. The van der Waals surface area contributed by atoms with Gasteiger partial charge < -0.3 is 10.0 Å². The Bertz CT molecular complexity index is 1070. The molecule has 30 heavy (non-hydrogen) atoms. The number of rotatable bonds is 3. The fraction of sp³-hybridized carbons (Fsp3) is 0.273. The van der Waals surface area contributed by atoms with Gasteiger partial charge in [0, 0.05) is 5.69 Å². The fourth-order valence-electron chi connectivity index (χ4n) is 4.13. The van der Waals surface area contributed by atoms with Gasteiger partial charge >= 0.3 is 6.18 Å². The molecule has 2 fully saturated rings. The van der Waals surface area contributed by atoms with Crippen LogP contribution in [0.25, 0.3) is 0 Å². The molecule has 0 atom stereocenters. The molecule has 1 spiro atoms. The first-order chi connectivity index (χ1) is 14.2. The summed E-state index contributed by atoms with van der Waals surface area (Å²) in [5.41, 5.74) is -1.06. The first-order valence-electron chi connectivity index (χ1n) is 9.38. The summed E-state index contributed by atoms with van der Waals surface area (Å²) in [4.78, 5) is 16.4. The van der Waals surface area contributed by atoms with E-state index in [-0.39, 0.29) is 24.0 Å². The molecule has 1 amide bonds. The minimum absolute atomic E-state index is 0.0251. The van der Waals surface area contributed by atoms with Gasteiger partial charge in [-0.15, -0.1) is 0 Å². The lowest BCUT2D eigenvalue weighted by Gasteiger charge is -2.43. The highest BCUT2D eigenvalue weighted by atomic mass is 19.4. The van der Waals surface area contributed by atoms with Crippen LogP contribution in [0.3, 0.4) is 0 Å². The number of carbonyl (C=O) groups excluding carboxylic acids is 1. The third-order valence-corrected chi connectivity index (χ3v) is 5.79. The van der Waals surface area contributed by atoms with Gasteiger partial charge in [0.1, 0.15) is 11.4 Å². The number of aliphatic hydroxyl groups is 1. The SMILES string of the molecule is C=C1N(c2ccc(C#N)c(C(F)(F)F)c2)C(=O)C2(CCC2)N1c1ccc(CO)cc1. The largest absolute Gasteiger partial charge is 0.417 e. The molecule has 154 valence electrons. The first kappa shape index (κ1) is 20.0. The van der Waals surface area contributed by atoms with E-state index in [0.29, 0.717) is 24.1 Å². The number of hydrogen-bond donors (Lipinski definition) is 1. The molecule has 1 heterocycles. The standard InChI is InChI=1S/C22H18F3N3O2/c1-14-27(18-8-5-16(12-26)19(11-18)22(23,24)25)20(30)21(9-2-10-21)28(14)17-6-3-15(13-29)4-7-17/h3-8,11,29H,1-2,9-10,13H2. The minimum Gasteiger partial charge on any atom is -0.392 e. The molecule has 2 aromatic carbocycles. The van der Waals surface area contributed by atoms with Crippen molar-refractivity contribution in [3.63, 3.8) is 0 Å². The molecule has 1 aliphatic carbocycles. The molecule has 2 aliphatic rings. The van der Waals surface area contributed by atoms with Crippen LogP contribution < -0.4 is 9.80 Å². The van der Waals surface area contributed by atoms with Crippen LogP contribution in [-0.4, -0.2) is 16.6 Å². The smallest absolute Gasteiger partial charge is 0.392 e. The molecule has 1 saturated carbocycles. The van der Waals surface area contributed by atoms with Crippen molar-refractivity contribution in [1.82, 2.24) is 0 Å². The predicted octanol–water partition coefficient (Wildman–Crippen LogP) is 4.32. The minimum atomic E-state index is -4.72. The van der Waals surface area contributed by atoms with Crippen molar-refractivity contribution >= 4 is 17.3 Å². The van der Waals surface area contributed by atoms with E-state index in [9.17, 15) is 23.1 Å². The van der Waals surface area contributed by atoms with Crippen molar-refractivity contribution in [3.05, 3.63) is 71.6 Å². The maximum Gasteiger partial charge on any atom is 0.417 e. The van der Waals surface area contributed by atoms with Gasteiger partial charge in [0.25, 0.3) is 5.91 Å². The molecule has 2 aromatic rings. The van der Waals surface area contributed by atoms with Crippen molar-refractivity contribution in [1.29, 1.82) is 5.26 Å². The van der Waals surface area contributed by atoms with E-state index in [1.807, 2.05) is 0 Å². The average molecular weight is 413 g/mol. The van der Waals surface area contributed by atoms with Gasteiger partial charge in [-0.3, -0.25) is 9.69 Å². The molecule has 0 bridgehead atoms. The zero-order chi connectivity index (χ0) is 21.7. The summed E-state index contributed by atoms with van der Waals surface area (Å²) in [7, 11) is 0. The second kappa shape index (κ2) is 6.89. The second-order valence-electron chi connectivity index (χ2n) is 7.44. The summed E-state index contributed by atoms with van der Waals surface area (Å²) >= 11 is 0. The molecule has 1 N–H and O–H groups in total. The number of carbonyl (C=O) groups is 1. The van der Waals surface area contributed by atoms with Crippen LogP contribution in [0.4, 0.5) is 24.5 Å². The van der Waals surface area contributed by atoms with E-state index in [2.05, 4.69) is 6.58 Å². The lowest BCUT2D eigenvalue weighted by atomic mass is 9.75. The van der Waals surface area contributed by atoms with Crippen LogP contribution in [0.1, 0.15) is 36.0 Å². The summed E-state index contributed by atoms with van der Waals surface area (Å²) in [5.74, 6) is -0.0721. The molecule has 4 rings (SSSR count). The lowest BCUT2D eigenvalue weighted by Crippen LogP contribution is -2.54. The first-order valence-corrected chi connectivity index (χ1v) is 9.38. The number of halogens is 3. The van der Waals surface area contributed by atoms with Crippen molar-refractivity contribution < 1.29 is 23.1 Å². The van der Waals surface area contributed by atoms with Gasteiger partial charge in [-0.25, -0.2) is 0 Å². The normalized spacial score (nSPS) is 18.0. The number of hydrogen-bond acceptors (Lipinski definition) is 4. The van der Waals surface area contributed by atoms with Crippen LogP contribution in [0.15, 0.2) is 54.9 Å². The summed E-state index contributed by atoms with van der Waals surface area (Å²) in [5, 5.41) is 18.3. The summed E-state index contributed by atoms with van der Waals surface area (Å²) < 4.78 is 40.3. The van der Waals surface area contributed by atoms with Gasteiger partial charge in [-0.1, -0.05) is 18.7 Å². The number of anilines is 2. The molecule has 1 saturated heterocycles. The van der Waals surface area contributed by atoms with Crippen LogP contribution in [0.5, 0.6) is 0 Å². The van der Waals surface area contributed by atoms with E-state index >= 15 is 0 Å². The molecule has 5 nitrogen and oxygen atoms in total. The van der Waals surface area contributed by atoms with Crippen LogP contribution in [0.2, 0.25) is 0 Å². The molecule has 0 unspecified atom stereocenters. The number of benzene rings is 2. The van der Waals surface area contributed by atoms with Crippen molar-refractivity contribution in [3.8, 4) is 6.07 Å². The Morgan fingerprint density at radius 1 is 1.13 bits per heavy atom. The second-order valence-corrected chi connectivity index (χ2v) is 7.44. The molecular weight excluding hydrogens is 395 g/mol. The Hall–Kier alpha value is -3.31. The van der Waals surface area contributed by atoms with E-state index in [1.165, 1.54) is 11.0 Å². The molecular formula is C22H18F3N3O2. The van der Waals surface area contributed by atoms with E-state index in [0.717, 1.165) is 18.6 Å². The van der Waals surface area contributed by atoms with Crippen molar-refractivity contribution in [2.24, 2.45) is 0 Å². The monoisotopic (exact) mass is 413 g/mol. The van der Waals surface area contributed by atoms with Crippen LogP contribution >= 0.6 is 0 Å². The maximum absolute atomic E-state index is 13.4. The van der Waals surface area contributed by atoms with Crippen molar-refractivity contribution in [2.45, 2.75) is 37.6 Å². The van der Waals surface area contributed by atoms with E-state index < -0.39 is 22.8 Å².